The lowest BCUT2D eigenvalue weighted by molar-refractivity contribution is 0.0368. The maximum absolute atomic E-state index is 5.31. The van der Waals surface area contributed by atoms with Gasteiger partial charge in [-0.05, 0) is 18.9 Å². The summed E-state index contributed by atoms with van der Waals surface area (Å²) in [5.41, 5.74) is 1.24. The summed E-state index contributed by atoms with van der Waals surface area (Å²) in [6.07, 6.45) is 5.18. The van der Waals surface area contributed by atoms with Crippen LogP contribution in [0.15, 0.2) is 12.4 Å². The lowest BCUT2D eigenvalue weighted by Crippen LogP contribution is -2.37. The first-order chi connectivity index (χ1) is 7.34. The molecule has 1 aliphatic heterocycles. The third-order valence-corrected chi connectivity index (χ3v) is 2.73. The van der Waals surface area contributed by atoms with Gasteiger partial charge in [-0.2, -0.15) is 5.10 Å². The van der Waals surface area contributed by atoms with Crippen molar-refractivity contribution >= 4 is 0 Å². The molecule has 0 radical (unpaired) electrons. The number of aryl methyl sites for hydroxylation is 2. The molecule has 1 saturated heterocycles. The number of rotatable bonds is 4. The zero-order valence-corrected chi connectivity index (χ0v) is 9.35. The maximum atomic E-state index is 5.31. The van der Waals surface area contributed by atoms with E-state index in [2.05, 4.69) is 23.1 Å². The van der Waals surface area contributed by atoms with Gasteiger partial charge in [0, 0.05) is 32.4 Å². The Morgan fingerprint density at radius 2 is 2.13 bits per heavy atom. The van der Waals surface area contributed by atoms with Crippen molar-refractivity contribution in [3.05, 3.63) is 18.0 Å². The minimum atomic E-state index is 0.890. The number of aromatic nitrogens is 2. The molecule has 15 heavy (non-hydrogen) atoms. The second-order valence-corrected chi connectivity index (χ2v) is 4.09. The van der Waals surface area contributed by atoms with Gasteiger partial charge >= 0.3 is 0 Å². The van der Waals surface area contributed by atoms with Gasteiger partial charge in [0.2, 0.25) is 0 Å². The number of morpholine rings is 1. The SMILES string of the molecule is Cc1cnn(CCCN2CCOCC2)c1. The average Bonchev–Trinajstić information content (AvgIpc) is 2.66. The molecular weight excluding hydrogens is 190 g/mol. The third-order valence-electron chi connectivity index (χ3n) is 2.73. The van der Waals surface area contributed by atoms with Crippen LogP contribution < -0.4 is 0 Å². The molecule has 0 bridgehead atoms. The summed E-state index contributed by atoms with van der Waals surface area (Å²) in [7, 11) is 0. The van der Waals surface area contributed by atoms with E-state index in [0.29, 0.717) is 0 Å². The molecule has 0 aliphatic carbocycles. The van der Waals surface area contributed by atoms with Crippen LogP contribution in [0.1, 0.15) is 12.0 Å². The largest absolute Gasteiger partial charge is 0.379 e. The van der Waals surface area contributed by atoms with E-state index >= 15 is 0 Å². The highest BCUT2D eigenvalue weighted by molar-refractivity contribution is 4.99. The summed E-state index contributed by atoms with van der Waals surface area (Å²) in [5.74, 6) is 0. The molecule has 2 heterocycles. The predicted molar refractivity (Wildman–Crippen MR) is 58.8 cm³/mol. The van der Waals surface area contributed by atoms with E-state index < -0.39 is 0 Å². The Balaban J connectivity index is 1.65. The van der Waals surface area contributed by atoms with Gasteiger partial charge in [0.05, 0.1) is 19.4 Å². The van der Waals surface area contributed by atoms with E-state index in [9.17, 15) is 0 Å². The first kappa shape index (κ1) is 10.6. The number of ether oxygens (including phenoxy) is 1. The van der Waals surface area contributed by atoms with Gasteiger partial charge in [-0.15, -0.1) is 0 Å². The van der Waals surface area contributed by atoms with E-state index in [4.69, 9.17) is 4.74 Å². The highest BCUT2D eigenvalue weighted by atomic mass is 16.5. The van der Waals surface area contributed by atoms with Crippen molar-refractivity contribution in [1.29, 1.82) is 0 Å². The molecule has 0 amide bonds. The summed E-state index contributed by atoms with van der Waals surface area (Å²) in [5, 5.41) is 4.27. The molecule has 1 fully saturated rings. The van der Waals surface area contributed by atoms with Gasteiger partial charge in [0.25, 0.3) is 0 Å². The molecule has 1 aliphatic rings. The Bertz CT molecular complexity index is 292. The first-order valence-corrected chi connectivity index (χ1v) is 5.64. The van der Waals surface area contributed by atoms with Crippen LogP contribution >= 0.6 is 0 Å². The molecule has 2 rings (SSSR count). The zero-order valence-electron chi connectivity index (χ0n) is 9.35. The monoisotopic (exact) mass is 209 g/mol. The molecule has 4 heteroatoms. The topological polar surface area (TPSA) is 30.3 Å². The molecular formula is C11H19N3O. The Hall–Kier alpha value is -0.870. The molecule has 4 nitrogen and oxygen atoms in total. The number of hydrogen-bond donors (Lipinski definition) is 0. The standard InChI is InChI=1S/C11H19N3O/c1-11-9-12-14(10-11)4-2-3-13-5-7-15-8-6-13/h9-10H,2-8H2,1H3. The van der Waals surface area contributed by atoms with Crippen molar-refractivity contribution < 1.29 is 4.74 Å². The third kappa shape index (κ3) is 3.32. The van der Waals surface area contributed by atoms with Crippen molar-refractivity contribution in [3.63, 3.8) is 0 Å². The van der Waals surface area contributed by atoms with Gasteiger partial charge in [-0.25, -0.2) is 0 Å². The van der Waals surface area contributed by atoms with E-state index in [1.54, 1.807) is 0 Å². The minimum absolute atomic E-state index is 0.890. The van der Waals surface area contributed by atoms with Gasteiger partial charge in [-0.3, -0.25) is 9.58 Å². The van der Waals surface area contributed by atoms with Gasteiger partial charge < -0.3 is 4.74 Å². The second-order valence-electron chi connectivity index (χ2n) is 4.09. The molecule has 0 saturated carbocycles. The van der Waals surface area contributed by atoms with Crippen LogP contribution in [0, 0.1) is 6.92 Å². The summed E-state index contributed by atoms with van der Waals surface area (Å²) >= 11 is 0. The molecule has 1 aromatic heterocycles. The van der Waals surface area contributed by atoms with Crippen LogP contribution in [-0.2, 0) is 11.3 Å². The second kappa shape index (κ2) is 5.28. The summed E-state index contributed by atoms with van der Waals surface area (Å²) in [4.78, 5) is 2.46. The van der Waals surface area contributed by atoms with Crippen LogP contribution in [0.4, 0.5) is 0 Å². The van der Waals surface area contributed by atoms with Crippen LogP contribution in [0.3, 0.4) is 0 Å². The zero-order chi connectivity index (χ0) is 10.5. The fraction of sp³-hybridized carbons (Fsp3) is 0.727. The highest BCUT2D eigenvalue weighted by Gasteiger charge is 2.09. The quantitative estimate of drug-likeness (QED) is 0.738. The molecule has 0 aromatic carbocycles. The summed E-state index contributed by atoms with van der Waals surface area (Å²) < 4.78 is 7.33. The van der Waals surface area contributed by atoms with Gasteiger partial charge in [0.1, 0.15) is 0 Å². The number of nitrogens with zero attached hydrogens (tertiary/aromatic N) is 3. The van der Waals surface area contributed by atoms with Crippen LogP contribution in [0.2, 0.25) is 0 Å². The summed E-state index contributed by atoms with van der Waals surface area (Å²) in [6.45, 7) is 8.19. The van der Waals surface area contributed by atoms with Crippen molar-refractivity contribution in [2.24, 2.45) is 0 Å². The summed E-state index contributed by atoms with van der Waals surface area (Å²) in [6, 6.07) is 0. The van der Waals surface area contributed by atoms with E-state index in [0.717, 1.165) is 39.4 Å². The van der Waals surface area contributed by atoms with Crippen LogP contribution in [0.5, 0.6) is 0 Å². The predicted octanol–water partition coefficient (Wildman–Crippen LogP) is 0.914. The lowest BCUT2D eigenvalue weighted by Gasteiger charge is -2.26. The van der Waals surface area contributed by atoms with Gasteiger partial charge in [0.15, 0.2) is 0 Å². The lowest BCUT2D eigenvalue weighted by atomic mass is 10.3. The van der Waals surface area contributed by atoms with Crippen LogP contribution in [0.25, 0.3) is 0 Å². The van der Waals surface area contributed by atoms with E-state index in [1.165, 1.54) is 12.0 Å². The molecule has 0 spiro atoms. The minimum Gasteiger partial charge on any atom is -0.379 e. The van der Waals surface area contributed by atoms with Crippen molar-refractivity contribution in [1.82, 2.24) is 14.7 Å². The van der Waals surface area contributed by atoms with Crippen LogP contribution in [-0.4, -0.2) is 47.5 Å². The molecule has 0 unspecified atom stereocenters. The maximum Gasteiger partial charge on any atom is 0.0594 e. The first-order valence-electron chi connectivity index (χ1n) is 5.64. The molecule has 0 atom stereocenters. The van der Waals surface area contributed by atoms with Crippen molar-refractivity contribution in [3.8, 4) is 0 Å². The fourth-order valence-corrected chi connectivity index (χ4v) is 1.87. The molecule has 84 valence electrons. The van der Waals surface area contributed by atoms with E-state index in [1.807, 2.05) is 10.9 Å². The molecule has 1 aromatic rings. The Kier molecular flexibility index (Phi) is 3.75. The van der Waals surface area contributed by atoms with E-state index in [-0.39, 0.29) is 0 Å². The Labute approximate surface area is 90.8 Å². The molecule has 0 N–H and O–H groups in total. The smallest absolute Gasteiger partial charge is 0.0594 e. The normalized spacial score (nSPS) is 18.2. The number of hydrogen-bond acceptors (Lipinski definition) is 3. The Morgan fingerprint density at radius 3 is 2.80 bits per heavy atom. The highest BCUT2D eigenvalue weighted by Crippen LogP contribution is 2.00. The van der Waals surface area contributed by atoms with Crippen molar-refractivity contribution in [2.75, 3.05) is 32.8 Å². The van der Waals surface area contributed by atoms with Crippen molar-refractivity contribution in [2.45, 2.75) is 19.9 Å². The Morgan fingerprint density at radius 1 is 1.33 bits per heavy atom. The van der Waals surface area contributed by atoms with Gasteiger partial charge in [-0.1, -0.05) is 0 Å². The fourth-order valence-electron chi connectivity index (χ4n) is 1.87. The average molecular weight is 209 g/mol.